The number of carboxylic acid groups (broad SMARTS) is 1. The summed E-state index contributed by atoms with van der Waals surface area (Å²) in [6, 6.07) is -2.03. The van der Waals surface area contributed by atoms with Crippen LogP contribution in [0.15, 0.2) is 17.5 Å². The van der Waals surface area contributed by atoms with E-state index in [1.165, 1.54) is 12.5 Å². The molecule has 0 fully saturated rings. The molecule has 11 N–H and O–H groups in total. The fourth-order valence-corrected chi connectivity index (χ4v) is 2.27. The third-order valence-electron chi connectivity index (χ3n) is 3.78. The van der Waals surface area contributed by atoms with E-state index in [1.807, 2.05) is 0 Å². The fraction of sp³-hybridized carbons (Fsp3) is 0.500. The number of aliphatic carboxylic acids is 1. The topological polar surface area (TPSA) is 244 Å². The lowest BCUT2D eigenvalue weighted by atomic mass is 10.1. The van der Waals surface area contributed by atoms with Crippen molar-refractivity contribution < 1.29 is 24.3 Å². The first-order valence-electron chi connectivity index (χ1n) is 9.03. The number of carbonyl (C=O) groups is 4. The van der Waals surface area contributed by atoms with Crippen molar-refractivity contribution in [2.45, 2.75) is 31.3 Å². The largest absolute Gasteiger partial charge is 0.480 e. The molecule has 0 aliphatic rings. The van der Waals surface area contributed by atoms with Crippen molar-refractivity contribution in [3.8, 4) is 0 Å². The van der Waals surface area contributed by atoms with Crippen molar-refractivity contribution in [1.82, 2.24) is 25.9 Å². The molecule has 2 unspecified atom stereocenters. The van der Waals surface area contributed by atoms with Crippen LogP contribution >= 0.6 is 0 Å². The summed E-state index contributed by atoms with van der Waals surface area (Å²) >= 11 is 0. The van der Waals surface area contributed by atoms with Gasteiger partial charge in [-0.3, -0.25) is 19.4 Å². The Balaban J connectivity index is 2.29. The molecule has 0 saturated carbocycles. The zero-order valence-corrected chi connectivity index (χ0v) is 16.3. The number of imidazole rings is 1. The Bertz CT molecular complexity index is 746. The summed E-state index contributed by atoms with van der Waals surface area (Å²) in [7, 11) is 0. The summed E-state index contributed by atoms with van der Waals surface area (Å²) < 4.78 is 0. The number of aliphatic imine (C=N–C) groups is 1. The van der Waals surface area contributed by atoms with Crippen molar-refractivity contribution in [2.75, 3.05) is 19.6 Å². The van der Waals surface area contributed by atoms with Gasteiger partial charge < -0.3 is 43.2 Å². The van der Waals surface area contributed by atoms with Gasteiger partial charge in [-0.25, -0.2) is 9.78 Å². The summed E-state index contributed by atoms with van der Waals surface area (Å²) in [5.74, 6) is -3.21. The molecular weight excluding hydrogens is 398 g/mol. The first-order valence-corrected chi connectivity index (χ1v) is 9.03. The standard InChI is InChI=1S/C16H27N9O5/c17-10(4-9-5-20-8-24-9)14(28)23-6-12(26)22-7-13(27)25-11(15(29)30)2-1-3-21-16(18)19/h5,8,10-11H,1-4,6-7,17H2,(H,20,24)(H,22,26)(H,23,28)(H,25,27)(H,29,30)(H4,18,19,21). The minimum absolute atomic E-state index is 0.107. The molecule has 1 aromatic rings. The van der Waals surface area contributed by atoms with Gasteiger partial charge >= 0.3 is 5.97 Å². The Morgan fingerprint density at radius 1 is 1.17 bits per heavy atom. The predicted octanol–water partition coefficient (Wildman–Crippen LogP) is -3.87. The van der Waals surface area contributed by atoms with E-state index < -0.39 is 42.3 Å². The molecule has 0 aliphatic heterocycles. The van der Waals surface area contributed by atoms with E-state index in [1.54, 1.807) is 0 Å². The Labute approximate surface area is 172 Å². The molecule has 166 valence electrons. The first-order chi connectivity index (χ1) is 14.2. The summed E-state index contributed by atoms with van der Waals surface area (Å²) in [6.07, 6.45) is 3.65. The molecule has 30 heavy (non-hydrogen) atoms. The molecule has 0 aliphatic carbocycles. The van der Waals surface area contributed by atoms with Gasteiger partial charge in [-0.2, -0.15) is 0 Å². The molecule has 1 heterocycles. The number of hydrogen-bond donors (Lipinski definition) is 8. The number of carboxylic acids is 1. The fourth-order valence-electron chi connectivity index (χ4n) is 2.27. The Kier molecular flexibility index (Phi) is 10.3. The van der Waals surface area contributed by atoms with E-state index in [4.69, 9.17) is 22.3 Å². The van der Waals surface area contributed by atoms with Crippen LogP contribution in [0, 0.1) is 0 Å². The normalized spacial score (nSPS) is 12.3. The molecule has 0 spiro atoms. The lowest BCUT2D eigenvalue weighted by Crippen LogP contribution is -2.48. The van der Waals surface area contributed by atoms with Crippen LogP contribution in [0.3, 0.4) is 0 Å². The molecule has 2 atom stereocenters. The van der Waals surface area contributed by atoms with Gasteiger partial charge in [0.2, 0.25) is 17.7 Å². The summed E-state index contributed by atoms with van der Waals surface area (Å²) in [5.41, 5.74) is 16.7. The van der Waals surface area contributed by atoms with Crippen molar-refractivity contribution in [3.05, 3.63) is 18.2 Å². The van der Waals surface area contributed by atoms with Crippen molar-refractivity contribution in [2.24, 2.45) is 22.2 Å². The number of hydrogen-bond acceptors (Lipinski definition) is 7. The number of nitrogens with two attached hydrogens (primary N) is 3. The van der Waals surface area contributed by atoms with Crippen LogP contribution in [0.1, 0.15) is 18.5 Å². The second-order valence-electron chi connectivity index (χ2n) is 6.29. The molecule has 1 rings (SSSR count). The van der Waals surface area contributed by atoms with Crippen LogP contribution in [0.4, 0.5) is 0 Å². The maximum atomic E-state index is 11.9. The van der Waals surface area contributed by atoms with E-state index in [-0.39, 0.29) is 31.9 Å². The number of amides is 3. The van der Waals surface area contributed by atoms with Crippen LogP contribution in [-0.2, 0) is 25.6 Å². The predicted molar refractivity (Wildman–Crippen MR) is 106 cm³/mol. The van der Waals surface area contributed by atoms with Gasteiger partial charge in [-0.1, -0.05) is 0 Å². The van der Waals surface area contributed by atoms with Crippen LogP contribution in [0.25, 0.3) is 0 Å². The monoisotopic (exact) mass is 425 g/mol. The lowest BCUT2D eigenvalue weighted by Gasteiger charge is -2.15. The minimum atomic E-state index is -1.22. The minimum Gasteiger partial charge on any atom is -0.480 e. The maximum Gasteiger partial charge on any atom is 0.326 e. The third kappa shape index (κ3) is 10.0. The number of nitrogens with one attached hydrogen (secondary N) is 4. The van der Waals surface area contributed by atoms with Crippen molar-refractivity contribution in [1.29, 1.82) is 0 Å². The van der Waals surface area contributed by atoms with Gasteiger partial charge in [-0.15, -0.1) is 0 Å². The van der Waals surface area contributed by atoms with Crippen LogP contribution in [-0.4, -0.2) is 76.4 Å². The van der Waals surface area contributed by atoms with Crippen molar-refractivity contribution in [3.63, 3.8) is 0 Å². The molecule has 14 heteroatoms. The smallest absolute Gasteiger partial charge is 0.326 e. The molecule has 14 nitrogen and oxygen atoms in total. The number of rotatable bonds is 13. The maximum absolute atomic E-state index is 11.9. The van der Waals surface area contributed by atoms with Gasteiger partial charge in [0.25, 0.3) is 0 Å². The number of aromatic amines is 1. The quantitative estimate of drug-likeness (QED) is 0.0873. The number of H-pyrrole nitrogens is 1. The van der Waals surface area contributed by atoms with Gasteiger partial charge in [0.05, 0.1) is 25.5 Å². The van der Waals surface area contributed by atoms with Crippen molar-refractivity contribution >= 4 is 29.7 Å². The zero-order chi connectivity index (χ0) is 22.5. The molecule has 0 aromatic carbocycles. The van der Waals surface area contributed by atoms with E-state index in [9.17, 15) is 19.2 Å². The molecule has 0 radical (unpaired) electrons. The second-order valence-corrected chi connectivity index (χ2v) is 6.29. The van der Waals surface area contributed by atoms with Crippen LogP contribution in [0.2, 0.25) is 0 Å². The van der Waals surface area contributed by atoms with E-state index in [2.05, 4.69) is 30.9 Å². The average Bonchev–Trinajstić information content (AvgIpc) is 3.19. The van der Waals surface area contributed by atoms with Crippen LogP contribution in [0.5, 0.6) is 0 Å². The highest BCUT2D eigenvalue weighted by Gasteiger charge is 2.20. The number of carbonyl (C=O) groups excluding carboxylic acids is 3. The molecule has 0 bridgehead atoms. The number of nitrogens with zero attached hydrogens (tertiary/aromatic N) is 2. The highest BCUT2D eigenvalue weighted by molar-refractivity contribution is 5.90. The second kappa shape index (κ2) is 12.7. The molecule has 0 saturated heterocycles. The third-order valence-corrected chi connectivity index (χ3v) is 3.78. The van der Waals surface area contributed by atoms with Gasteiger partial charge in [0.15, 0.2) is 5.96 Å². The molecular formula is C16H27N9O5. The Morgan fingerprint density at radius 2 is 1.87 bits per heavy atom. The van der Waals surface area contributed by atoms with Gasteiger partial charge in [0.1, 0.15) is 6.04 Å². The van der Waals surface area contributed by atoms with Crippen LogP contribution < -0.4 is 33.2 Å². The van der Waals surface area contributed by atoms with Gasteiger partial charge in [0, 0.05) is 24.9 Å². The molecule has 1 aromatic heterocycles. The zero-order valence-electron chi connectivity index (χ0n) is 16.3. The summed E-state index contributed by atoms with van der Waals surface area (Å²) in [5, 5.41) is 16.1. The Morgan fingerprint density at radius 3 is 2.47 bits per heavy atom. The summed E-state index contributed by atoms with van der Waals surface area (Å²) in [4.78, 5) is 57.1. The highest BCUT2D eigenvalue weighted by Crippen LogP contribution is 1.98. The number of guanidine groups is 1. The summed E-state index contributed by atoms with van der Waals surface area (Å²) in [6.45, 7) is -0.614. The lowest BCUT2D eigenvalue weighted by molar-refractivity contribution is -0.142. The van der Waals surface area contributed by atoms with E-state index >= 15 is 0 Å². The Hall–Kier alpha value is -3.68. The van der Waals surface area contributed by atoms with Gasteiger partial charge in [-0.05, 0) is 12.8 Å². The SMILES string of the molecule is NC(N)=NCCCC(NC(=O)CNC(=O)CNC(=O)C(N)Cc1cnc[nH]1)C(=O)O. The number of aromatic nitrogens is 2. The highest BCUT2D eigenvalue weighted by atomic mass is 16.4. The first kappa shape index (κ1) is 24.4. The van der Waals surface area contributed by atoms with E-state index in [0.29, 0.717) is 12.1 Å². The average molecular weight is 425 g/mol. The molecule has 3 amide bonds. The van der Waals surface area contributed by atoms with E-state index in [0.717, 1.165) is 0 Å².